The van der Waals surface area contributed by atoms with Gasteiger partial charge in [-0.25, -0.2) is 0 Å². The zero-order valence-electron chi connectivity index (χ0n) is 13.2. The van der Waals surface area contributed by atoms with Crippen LogP contribution in [0.5, 0.6) is 0 Å². The van der Waals surface area contributed by atoms with Gasteiger partial charge >= 0.3 is 5.97 Å². The molecule has 0 radical (unpaired) electrons. The second-order valence-electron chi connectivity index (χ2n) is 6.42. The third-order valence-corrected chi connectivity index (χ3v) is 4.74. The maximum Gasteiger partial charge on any atom is 0.323 e. The molecule has 4 unspecified atom stereocenters. The minimum absolute atomic E-state index is 0.110. The van der Waals surface area contributed by atoms with Gasteiger partial charge in [-0.2, -0.15) is 0 Å². The van der Waals surface area contributed by atoms with Crippen LogP contribution in [0.2, 0.25) is 0 Å². The molecule has 0 spiro atoms. The average Bonchev–Trinajstić information content (AvgIpc) is 2.43. The third kappa shape index (κ3) is 4.79. The van der Waals surface area contributed by atoms with Crippen LogP contribution in [0.15, 0.2) is 0 Å². The Morgan fingerprint density at radius 2 is 2.00 bits per heavy atom. The van der Waals surface area contributed by atoms with E-state index < -0.39 is 0 Å². The number of ether oxygens (including phenoxy) is 1. The second-order valence-corrected chi connectivity index (χ2v) is 6.42. The fourth-order valence-corrected chi connectivity index (χ4v) is 3.07. The van der Waals surface area contributed by atoms with Gasteiger partial charge in [0, 0.05) is 6.04 Å². The summed E-state index contributed by atoms with van der Waals surface area (Å²) in [6.45, 7) is 8.86. The number of rotatable bonds is 6. The molecule has 0 saturated heterocycles. The SMILES string of the molecule is CCC(C)C(NC1CCCC(C(C)C)C1)C(=O)OC. The second kappa shape index (κ2) is 7.88. The zero-order valence-corrected chi connectivity index (χ0v) is 13.2. The van der Waals surface area contributed by atoms with Crippen molar-refractivity contribution in [3.8, 4) is 0 Å². The highest BCUT2D eigenvalue weighted by molar-refractivity contribution is 5.76. The van der Waals surface area contributed by atoms with Crippen molar-refractivity contribution >= 4 is 5.97 Å². The van der Waals surface area contributed by atoms with E-state index in [-0.39, 0.29) is 12.0 Å². The van der Waals surface area contributed by atoms with Crippen LogP contribution in [0.3, 0.4) is 0 Å². The number of hydrogen-bond acceptors (Lipinski definition) is 3. The number of hydrogen-bond donors (Lipinski definition) is 1. The fourth-order valence-electron chi connectivity index (χ4n) is 3.07. The van der Waals surface area contributed by atoms with Crippen molar-refractivity contribution in [1.82, 2.24) is 5.32 Å². The van der Waals surface area contributed by atoms with Crippen molar-refractivity contribution in [2.24, 2.45) is 17.8 Å². The molecule has 0 heterocycles. The first kappa shape index (κ1) is 16.5. The summed E-state index contributed by atoms with van der Waals surface area (Å²) in [6, 6.07) is 0.324. The van der Waals surface area contributed by atoms with E-state index in [0.717, 1.165) is 18.3 Å². The van der Waals surface area contributed by atoms with Gasteiger partial charge in [0.25, 0.3) is 0 Å². The van der Waals surface area contributed by atoms with Crippen LogP contribution in [0.25, 0.3) is 0 Å². The molecule has 3 heteroatoms. The van der Waals surface area contributed by atoms with Gasteiger partial charge in [-0.05, 0) is 30.6 Å². The molecule has 0 aliphatic heterocycles. The lowest BCUT2D eigenvalue weighted by Crippen LogP contribution is -2.49. The van der Waals surface area contributed by atoms with Crippen LogP contribution in [0.1, 0.15) is 59.8 Å². The minimum atomic E-state index is -0.147. The Hall–Kier alpha value is -0.570. The number of methoxy groups -OCH3 is 1. The predicted octanol–water partition coefficient (Wildman–Crippen LogP) is 3.38. The van der Waals surface area contributed by atoms with Gasteiger partial charge in [0.1, 0.15) is 6.04 Å². The molecule has 0 aromatic heterocycles. The Labute approximate surface area is 118 Å². The molecule has 1 aliphatic carbocycles. The predicted molar refractivity (Wildman–Crippen MR) is 79.0 cm³/mol. The number of carbonyl (C=O) groups is 1. The summed E-state index contributed by atoms with van der Waals surface area (Å²) in [4.78, 5) is 11.9. The van der Waals surface area contributed by atoms with E-state index in [1.54, 1.807) is 0 Å². The maximum absolute atomic E-state index is 11.9. The highest BCUT2D eigenvalue weighted by Crippen LogP contribution is 2.30. The van der Waals surface area contributed by atoms with Gasteiger partial charge in [0.15, 0.2) is 0 Å². The van der Waals surface area contributed by atoms with Crippen molar-refractivity contribution in [2.45, 2.75) is 71.9 Å². The van der Waals surface area contributed by atoms with E-state index in [4.69, 9.17) is 4.74 Å². The topological polar surface area (TPSA) is 38.3 Å². The first-order valence-electron chi connectivity index (χ1n) is 7.83. The third-order valence-electron chi connectivity index (χ3n) is 4.74. The van der Waals surface area contributed by atoms with Gasteiger partial charge in [-0.1, -0.05) is 47.0 Å². The van der Waals surface area contributed by atoms with Gasteiger partial charge in [-0.3, -0.25) is 4.79 Å². The Balaban J connectivity index is 2.60. The fraction of sp³-hybridized carbons (Fsp3) is 0.938. The summed E-state index contributed by atoms with van der Waals surface area (Å²) in [6.07, 6.45) is 5.98. The normalized spacial score (nSPS) is 27.1. The van der Waals surface area contributed by atoms with Gasteiger partial charge in [-0.15, -0.1) is 0 Å². The molecule has 0 amide bonds. The maximum atomic E-state index is 11.9. The average molecular weight is 269 g/mol. The van der Waals surface area contributed by atoms with E-state index in [1.165, 1.54) is 32.8 Å². The van der Waals surface area contributed by atoms with E-state index in [0.29, 0.717) is 12.0 Å². The van der Waals surface area contributed by atoms with Crippen molar-refractivity contribution in [2.75, 3.05) is 7.11 Å². The van der Waals surface area contributed by atoms with E-state index in [2.05, 4.69) is 33.0 Å². The van der Waals surface area contributed by atoms with Gasteiger partial charge in [0.05, 0.1) is 7.11 Å². The van der Waals surface area contributed by atoms with E-state index in [9.17, 15) is 4.79 Å². The van der Waals surface area contributed by atoms with Gasteiger partial charge < -0.3 is 10.1 Å². The molecule has 1 N–H and O–H groups in total. The summed E-state index contributed by atoms with van der Waals surface area (Å²) in [7, 11) is 1.48. The Morgan fingerprint density at radius 1 is 1.32 bits per heavy atom. The van der Waals surface area contributed by atoms with Gasteiger partial charge in [0.2, 0.25) is 0 Å². The summed E-state index contributed by atoms with van der Waals surface area (Å²) < 4.78 is 4.95. The molecular weight excluding hydrogens is 238 g/mol. The molecule has 1 rings (SSSR count). The zero-order chi connectivity index (χ0) is 14.4. The highest BCUT2D eigenvalue weighted by atomic mass is 16.5. The van der Waals surface area contributed by atoms with Crippen molar-refractivity contribution in [3.05, 3.63) is 0 Å². The smallest absolute Gasteiger partial charge is 0.323 e. The molecule has 0 aromatic rings. The highest BCUT2D eigenvalue weighted by Gasteiger charge is 2.30. The molecule has 1 saturated carbocycles. The van der Waals surface area contributed by atoms with Crippen molar-refractivity contribution < 1.29 is 9.53 Å². The van der Waals surface area contributed by atoms with Crippen LogP contribution in [0, 0.1) is 17.8 Å². The van der Waals surface area contributed by atoms with Crippen LogP contribution < -0.4 is 5.32 Å². The first-order valence-corrected chi connectivity index (χ1v) is 7.83. The number of nitrogens with one attached hydrogen (secondary N) is 1. The molecular formula is C16H31NO2. The van der Waals surface area contributed by atoms with Crippen molar-refractivity contribution in [3.63, 3.8) is 0 Å². The number of esters is 1. The number of carbonyl (C=O) groups excluding carboxylic acids is 1. The van der Waals surface area contributed by atoms with Crippen LogP contribution in [-0.2, 0) is 9.53 Å². The van der Waals surface area contributed by atoms with Crippen LogP contribution in [-0.4, -0.2) is 25.2 Å². The largest absolute Gasteiger partial charge is 0.468 e. The van der Waals surface area contributed by atoms with E-state index in [1.807, 2.05) is 0 Å². The summed E-state index contributed by atoms with van der Waals surface area (Å²) in [5.41, 5.74) is 0. The molecule has 0 aromatic carbocycles. The lowest BCUT2D eigenvalue weighted by molar-refractivity contribution is -0.145. The minimum Gasteiger partial charge on any atom is -0.468 e. The molecule has 112 valence electrons. The first-order chi connectivity index (χ1) is 8.99. The molecule has 0 bridgehead atoms. The Bertz CT molecular complexity index is 278. The molecule has 19 heavy (non-hydrogen) atoms. The standard InChI is InChI=1S/C16H31NO2/c1-6-12(4)15(16(18)19-5)17-14-9-7-8-13(10-14)11(2)3/h11-15,17H,6-10H2,1-5H3. The lowest BCUT2D eigenvalue weighted by atomic mass is 9.79. The van der Waals surface area contributed by atoms with Crippen LogP contribution >= 0.6 is 0 Å². The Morgan fingerprint density at radius 3 is 2.53 bits per heavy atom. The molecule has 4 atom stereocenters. The molecule has 1 aliphatic rings. The molecule has 3 nitrogen and oxygen atoms in total. The quantitative estimate of drug-likeness (QED) is 0.751. The summed E-state index contributed by atoms with van der Waals surface area (Å²) >= 11 is 0. The monoisotopic (exact) mass is 269 g/mol. The van der Waals surface area contributed by atoms with Crippen LogP contribution in [0.4, 0.5) is 0 Å². The lowest BCUT2D eigenvalue weighted by Gasteiger charge is -2.35. The Kier molecular flexibility index (Phi) is 6.84. The van der Waals surface area contributed by atoms with Crippen molar-refractivity contribution in [1.29, 1.82) is 0 Å². The summed E-state index contributed by atoms with van der Waals surface area (Å²) in [5, 5.41) is 3.57. The van der Waals surface area contributed by atoms with E-state index >= 15 is 0 Å². The molecule has 1 fully saturated rings. The summed E-state index contributed by atoms with van der Waals surface area (Å²) in [5.74, 6) is 1.75.